The van der Waals surface area contributed by atoms with Gasteiger partial charge in [-0.3, -0.25) is 0 Å². The van der Waals surface area contributed by atoms with Gasteiger partial charge in [-0.1, -0.05) is 60.0 Å². The zero-order valence-electron chi connectivity index (χ0n) is 19.1. The van der Waals surface area contributed by atoms with E-state index in [-0.39, 0.29) is 0 Å². The Morgan fingerprint density at radius 1 is 1.04 bits per heavy atom. The number of aliphatic hydroxyl groups is 1. The van der Waals surface area contributed by atoms with Crippen molar-refractivity contribution < 1.29 is 5.11 Å². The smallest absolute Gasteiger partial charge is 0.0925 e. The summed E-state index contributed by atoms with van der Waals surface area (Å²) < 4.78 is 0. The van der Waals surface area contributed by atoms with Gasteiger partial charge in [0, 0.05) is 6.42 Å². The monoisotopic (exact) mass is 384 g/mol. The van der Waals surface area contributed by atoms with Crippen molar-refractivity contribution >= 4 is 0 Å². The molecule has 0 saturated heterocycles. The summed E-state index contributed by atoms with van der Waals surface area (Å²) in [6, 6.07) is 0. The molecule has 4 aliphatic rings. The van der Waals surface area contributed by atoms with Gasteiger partial charge in [0.05, 0.1) is 5.76 Å². The van der Waals surface area contributed by atoms with E-state index in [0.29, 0.717) is 16.6 Å². The lowest BCUT2D eigenvalue weighted by atomic mass is 9.47. The number of rotatable bonds is 5. The molecule has 0 aromatic rings. The van der Waals surface area contributed by atoms with Crippen LogP contribution in [0.3, 0.4) is 0 Å². The average molecular weight is 385 g/mol. The van der Waals surface area contributed by atoms with Crippen LogP contribution in [-0.4, -0.2) is 5.11 Å². The lowest BCUT2D eigenvalue weighted by Gasteiger charge is -2.57. The third-order valence-electron chi connectivity index (χ3n) is 9.95. The fourth-order valence-electron chi connectivity index (χ4n) is 8.34. The molecule has 1 unspecified atom stereocenters. The molecular formula is C27H44O. The van der Waals surface area contributed by atoms with Crippen LogP contribution in [0.5, 0.6) is 0 Å². The zero-order valence-corrected chi connectivity index (χ0v) is 19.1. The van der Waals surface area contributed by atoms with E-state index in [9.17, 15) is 5.11 Å². The molecule has 2 saturated carbocycles. The van der Waals surface area contributed by atoms with E-state index in [0.717, 1.165) is 48.3 Å². The molecule has 2 fully saturated rings. The van der Waals surface area contributed by atoms with Gasteiger partial charge < -0.3 is 5.11 Å². The van der Waals surface area contributed by atoms with Gasteiger partial charge in [0.2, 0.25) is 0 Å². The summed E-state index contributed by atoms with van der Waals surface area (Å²) in [6.07, 6.45) is 18.0. The van der Waals surface area contributed by atoms with E-state index in [1.54, 1.807) is 0 Å². The standard InChI is InChI=1S/C27H44O/c1-18(2)7-6-8-19(3)23-11-12-24-22-10-9-20-17-21(28)13-15-26(20,4)25(22)14-16-27(23,24)5/h9,17-19,22-25,28H,6-8,10-16H2,1-5H3/t19-,22?,23-,24+,25+,26+,27-/m1/s1. The van der Waals surface area contributed by atoms with Crippen molar-refractivity contribution in [3.8, 4) is 0 Å². The van der Waals surface area contributed by atoms with Gasteiger partial charge in [0.25, 0.3) is 0 Å². The maximum atomic E-state index is 10.1. The van der Waals surface area contributed by atoms with Crippen LogP contribution in [0.2, 0.25) is 0 Å². The summed E-state index contributed by atoms with van der Waals surface area (Å²) in [5.74, 6) is 5.95. The molecule has 28 heavy (non-hydrogen) atoms. The van der Waals surface area contributed by atoms with E-state index >= 15 is 0 Å². The molecule has 4 rings (SSSR count). The maximum Gasteiger partial charge on any atom is 0.0925 e. The van der Waals surface area contributed by atoms with Gasteiger partial charge in [0.1, 0.15) is 0 Å². The summed E-state index contributed by atoms with van der Waals surface area (Å²) in [6.45, 7) is 12.5. The Balaban J connectivity index is 1.51. The van der Waals surface area contributed by atoms with Gasteiger partial charge in [-0.2, -0.15) is 0 Å². The normalized spacial score (nSPS) is 43.6. The van der Waals surface area contributed by atoms with E-state index in [1.165, 1.54) is 56.9 Å². The van der Waals surface area contributed by atoms with E-state index in [2.05, 4.69) is 46.8 Å². The number of allylic oxidation sites excluding steroid dienone is 4. The quantitative estimate of drug-likeness (QED) is 0.508. The predicted octanol–water partition coefficient (Wildman–Crippen LogP) is 8.08. The molecule has 0 amide bonds. The Hall–Kier alpha value is -0.720. The highest BCUT2D eigenvalue weighted by Crippen LogP contribution is 2.67. The minimum Gasteiger partial charge on any atom is -0.512 e. The van der Waals surface area contributed by atoms with E-state index in [4.69, 9.17) is 0 Å². The van der Waals surface area contributed by atoms with Crippen LogP contribution >= 0.6 is 0 Å². The molecule has 0 heterocycles. The Morgan fingerprint density at radius 2 is 1.82 bits per heavy atom. The first kappa shape index (κ1) is 20.5. The van der Waals surface area contributed by atoms with Crippen molar-refractivity contribution in [2.45, 2.75) is 98.8 Å². The third kappa shape index (κ3) is 3.29. The molecular weight excluding hydrogens is 340 g/mol. The molecule has 0 aliphatic heterocycles. The van der Waals surface area contributed by atoms with Crippen molar-refractivity contribution in [3.63, 3.8) is 0 Å². The highest BCUT2D eigenvalue weighted by molar-refractivity contribution is 5.35. The lowest BCUT2D eigenvalue weighted by molar-refractivity contribution is -0.0462. The third-order valence-corrected chi connectivity index (χ3v) is 9.95. The SMILES string of the molecule is CC(C)CCC[C@@H](C)[C@H]1CC[C@H]2C3CC=C4C=C(O)CC[C@]4(C)[C@H]3CC[C@]12C. The van der Waals surface area contributed by atoms with Crippen LogP contribution in [-0.2, 0) is 0 Å². The van der Waals surface area contributed by atoms with Crippen LogP contribution in [0, 0.1) is 46.3 Å². The Labute approximate surface area is 174 Å². The molecule has 4 aliphatic carbocycles. The van der Waals surface area contributed by atoms with Crippen molar-refractivity contribution in [1.29, 1.82) is 0 Å². The molecule has 158 valence electrons. The first-order chi connectivity index (χ1) is 13.3. The van der Waals surface area contributed by atoms with Crippen molar-refractivity contribution in [2.75, 3.05) is 0 Å². The van der Waals surface area contributed by atoms with Crippen molar-refractivity contribution in [1.82, 2.24) is 0 Å². The molecule has 0 aromatic carbocycles. The van der Waals surface area contributed by atoms with Gasteiger partial charge in [-0.25, -0.2) is 0 Å². The fourth-order valence-corrected chi connectivity index (χ4v) is 8.34. The zero-order chi connectivity index (χ0) is 20.1. The van der Waals surface area contributed by atoms with Crippen LogP contribution in [0.15, 0.2) is 23.5 Å². The number of fused-ring (bicyclic) bond motifs is 5. The van der Waals surface area contributed by atoms with E-state index < -0.39 is 0 Å². The average Bonchev–Trinajstić information content (AvgIpc) is 2.99. The second-order valence-electron chi connectivity index (χ2n) is 11.9. The second kappa shape index (κ2) is 7.51. The summed E-state index contributed by atoms with van der Waals surface area (Å²) in [5, 5.41) is 10.1. The van der Waals surface area contributed by atoms with Gasteiger partial charge in [-0.05, 0) is 96.5 Å². The van der Waals surface area contributed by atoms with E-state index in [1.807, 2.05) is 0 Å². The molecule has 7 atom stereocenters. The fraction of sp³-hybridized carbons (Fsp3) is 0.852. The number of hydrogen-bond acceptors (Lipinski definition) is 1. The van der Waals surface area contributed by atoms with Gasteiger partial charge >= 0.3 is 0 Å². The molecule has 0 aromatic heterocycles. The van der Waals surface area contributed by atoms with Crippen molar-refractivity contribution in [3.05, 3.63) is 23.5 Å². The van der Waals surface area contributed by atoms with Crippen LogP contribution in [0.25, 0.3) is 0 Å². The Bertz CT molecular complexity index is 643. The minimum absolute atomic E-state index is 0.317. The summed E-state index contributed by atoms with van der Waals surface area (Å²) in [7, 11) is 0. The Morgan fingerprint density at radius 3 is 2.57 bits per heavy atom. The van der Waals surface area contributed by atoms with Crippen molar-refractivity contribution in [2.24, 2.45) is 46.3 Å². The summed E-state index contributed by atoms with van der Waals surface area (Å²) in [5.41, 5.74) is 2.35. The molecule has 0 radical (unpaired) electrons. The van der Waals surface area contributed by atoms with Crippen LogP contribution < -0.4 is 0 Å². The van der Waals surface area contributed by atoms with Gasteiger partial charge in [0.15, 0.2) is 0 Å². The van der Waals surface area contributed by atoms with Crippen LogP contribution in [0.4, 0.5) is 0 Å². The molecule has 1 N–H and O–H groups in total. The second-order valence-corrected chi connectivity index (χ2v) is 11.9. The first-order valence-electron chi connectivity index (χ1n) is 12.4. The maximum absolute atomic E-state index is 10.1. The topological polar surface area (TPSA) is 20.2 Å². The largest absolute Gasteiger partial charge is 0.512 e. The highest BCUT2D eigenvalue weighted by atomic mass is 16.3. The van der Waals surface area contributed by atoms with Gasteiger partial charge in [-0.15, -0.1) is 0 Å². The first-order valence-corrected chi connectivity index (χ1v) is 12.4. The summed E-state index contributed by atoms with van der Waals surface area (Å²) >= 11 is 0. The number of hydrogen-bond donors (Lipinski definition) is 1. The molecule has 0 bridgehead atoms. The lowest BCUT2D eigenvalue weighted by Crippen LogP contribution is -2.49. The summed E-state index contributed by atoms with van der Waals surface area (Å²) in [4.78, 5) is 0. The number of aliphatic hydroxyl groups excluding tert-OH is 1. The molecule has 1 nitrogen and oxygen atoms in total. The van der Waals surface area contributed by atoms with Crippen LogP contribution in [0.1, 0.15) is 98.8 Å². The molecule has 0 spiro atoms. The Kier molecular flexibility index (Phi) is 5.51. The highest BCUT2D eigenvalue weighted by Gasteiger charge is 2.58. The molecule has 1 heteroatoms. The minimum atomic E-state index is 0.317. The predicted molar refractivity (Wildman–Crippen MR) is 119 cm³/mol.